The Balaban J connectivity index is 2.24. The fraction of sp³-hybridized carbons (Fsp3) is 0. The third kappa shape index (κ3) is 3.01. The predicted octanol–water partition coefficient (Wildman–Crippen LogP) is 5.07. The minimum Gasteiger partial charge on any atom is -0.319 e. The van der Waals surface area contributed by atoms with Crippen molar-refractivity contribution in [2.75, 3.05) is 5.32 Å². The van der Waals surface area contributed by atoms with Crippen molar-refractivity contribution < 1.29 is 4.79 Å². The van der Waals surface area contributed by atoms with Gasteiger partial charge in [-0.2, -0.15) is 0 Å². The number of hydrogen-bond donors (Lipinski definition) is 1. The second-order valence-corrected chi connectivity index (χ2v) is 6.43. The molecule has 0 bridgehead atoms. The predicted molar refractivity (Wildman–Crippen MR) is 76.4 cm³/mol. The average molecular weight is 351 g/mol. The Morgan fingerprint density at radius 3 is 2.35 bits per heavy atom. The number of anilines is 1. The first kappa shape index (κ1) is 12.9. The van der Waals surface area contributed by atoms with Crippen LogP contribution in [0.5, 0.6) is 0 Å². The summed E-state index contributed by atoms with van der Waals surface area (Å²) < 4.78 is 0.896. The number of carbonyl (C=O) groups excluding carboxylic acids is 1. The van der Waals surface area contributed by atoms with Crippen molar-refractivity contribution in [3.63, 3.8) is 0 Å². The number of amides is 1. The van der Waals surface area contributed by atoms with Gasteiger partial charge in [-0.15, -0.1) is 11.3 Å². The maximum atomic E-state index is 11.9. The molecule has 0 spiro atoms. The van der Waals surface area contributed by atoms with Crippen molar-refractivity contribution >= 4 is 62.1 Å². The second kappa shape index (κ2) is 5.40. The molecule has 1 aromatic heterocycles. The number of para-hydroxylation sites is 1. The van der Waals surface area contributed by atoms with Gasteiger partial charge >= 0.3 is 0 Å². The number of nitrogens with one attached hydrogen (secondary N) is 1. The molecule has 0 unspecified atom stereocenters. The fourth-order valence-corrected chi connectivity index (χ4v) is 3.00. The fourth-order valence-electron chi connectivity index (χ4n) is 1.23. The molecule has 0 aliphatic rings. The Labute approximate surface area is 121 Å². The Kier molecular flexibility index (Phi) is 4.09. The first-order valence-electron chi connectivity index (χ1n) is 4.58. The van der Waals surface area contributed by atoms with Crippen LogP contribution in [0, 0.1) is 0 Å². The molecule has 0 saturated carbocycles. The molecule has 0 radical (unpaired) electrons. The van der Waals surface area contributed by atoms with Crippen molar-refractivity contribution in [3.8, 4) is 0 Å². The van der Waals surface area contributed by atoms with E-state index in [-0.39, 0.29) is 5.91 Å². The summed E-state index contributed by atoms with van der Waals surface area (Å²) in [5.74, 6) is -0.226. The summed E-state index contributed by atoms with van der Waals surface area (Å²) in [7, 11) is 0. The lowest BCUT2D eigenvalue weighted by Gasteiger charge is -2.07. The van der Waals surface area contributed by atoms with Crippen molar-refractivity contribution in [1.82, 2.24) is 0 Å². The van der Waals surface area contributed by atoms with Gasteiger partial charge in [-0.05, 0) is 40.2 Å². The van der Waals surface area contributed by atoms with Gasteiger partial charge in [-0.1, -0.05) is 29.3 Å². The zero-order valence-corrected chi connectivity index (χ0v) is 12.3. The summed E-state index contributed by atoms with van der Waals surface area (Å²) in [5, 5.41) is 3.53. The van der Waals surface area contributed by atoms with E-state index in [0.29, 0.717) is 20.6 Å². The highest BCUT2D eigenvalue weighted by atomic mass is 79.9. The maximum Gasteiger partial charge on any atom is 0.265 e. The molecule has 88 valence electrons. The van der Waals surface area contributed by atoms with Gasteiger partial charge < -0.3 is 5.32 Å². The smallest absolute Gasteiger partial charge is 0.265 e. The van der Waals surface area contributed by atoms with Gasteiger partial charge in [-0.25, -0.2) is 0 Å². The zero-order valence-electron chi connectivity index (χ0n) is 8.34. The molecule has 1 N–H and O–H groups in total. The number of halogens is 3. The van der Waals surface area contributed by atoms with Crippen LogP contribution in [0.3, 0.4) is 0 Å². The van der Waals surface area contributed by atoms with Crippen LogP contribution in [0.4, 0.5) is 5.69 Å². The number of hydrogen-bond acceptors (Lipinski definition) is 2. The van der Waals surface area contributed by atoms with Gasteiger partial charge in [-0.3, -0.25) is 4.79 Å². The van der Waals surface area contributed by atoms with Gasteiger partial charge in [0.1, 0.15) is 0 Å². The van der Waals surface area contributed by atoms with Crippen LogP contribution in [0.1, 0.15) is 9.67 Å². The molecule has 0 saturated heterocycles. The topological polar surface area (TPSA) is 29.1 Å². The molecule has 0 aliphatic heterocycles. The van der Waals surface area contributed by atoms with E-state index in [1.807, 2.05) is 6.07 Å². The molecule has 2 aromatic rings. The van der Waals surface area contributed by atoms with Crippen molar-refractivity contribution in [2.24, 2.45) is 0 Å². The minimum absolute atomic E-state index is 0.226. The molecule has 0 aliphatic carbocycles. The molecule has 2 rings (SSSR count). The summed E-state index contributed by atoms with van der Waals surface area (Å²) in [5.41, 5.74) is 0.436. The highest BCUT2D eigenvalue weighted by molar-refractivity contribution is 9.11. The van der Waals surface area contributed by atoms with Crippen LogP contribution in [0.15, 0.2) is 34.1 Å². The number of thiophene rings is 1. The molecule has 2 nitrogen and oxygen atoms in total. The van der Waals surface area contributed by atoms with E-state index < -0.39 is 0 Å². The molecule has 0 atom stereocenters. The molecule has 1 heterocycles. The van der Waals surface area contributed by atoms with Crippen LogP contribution < -0.4 is 5.32 Å². The van der Waals surface area contributed by atoms with Crippen LogP contribution in [0.2, 0.25) is 10.0 Å². The van der Waals surface area contributed by atoms with E-state index >= 15 is 0 Å². The van der Waals surface area contributed by atoms with Crippen LogP contribution in [0.25, 0.3) is 0 Å². The van der Waals surface area contributed by atoms with E-state index in [4.69, 9.17) is 23.2 Å². The van der Waals surface area contributed by atoms with Crippen molar-refractivity contribution in [2.45, 2.75) is 0 Å². The first-order chi connectivity index (χ1) is 8.08. The van der Waals surface area contributed by atoms with Crippen molar-refractivity contribution in [3.05, 3.63) is 49.0 Å². The third-order valence-corrected chi connectivity index (χ3v) is 4.25. The lowest BCUT2D eigenvalue weighted by molar-refractivity contribution is 0.103. The summed E-state index contributed by atoms with van der Waals surface area (Å²) >= 11 is 16.6. The number of benzene rings is 1. The SMILES string of the molecule is O=C(Nc1c(Cl)cccc1Cl)c1ccc(Br)s1. The summed E-state index contributed by atoms with van der Waals surface area (Å²) in [6, 6.07) is 8.62. The highest BCUT2D eigenvalue weighted by Gasteiger charge is 2.12. The summed E-state index contributed by atoms with van der Waals surface area (Å²) in [6.07, 6.45) is 0. The molecule has 17 heavy (non-hydrogen) atoms. The molecule has 1 amide bonds. The van der Waals surface area contributed by atoms with Gasteiger partial charge in [0.25, 0.3) is 5.91 Å². The Morgan fingerprint density at radius 1 is 1.18 bits per heavy atom. The molecule has 0 fully saturated rings. The largest absolute Gasteiger partial charge is 0.319 e. The van der Waals surface area contributed by atoms with Crippen LogP contribution in [-0.4, -0.2) is 5.91 Å². The first-order valence-corrected chi connectivity index (χ1v) is 6.95. The van der Waals surface area contributed by atoms with Gasteiger partial charge in [0.2, 0.25) is 0 Å². The van der Waals surface area contributed by atoms with E-state index in [2.05, 4.69) is 21.2 Å². The maximum absolute atomic E-state index is 11.9. The summed E-state index contributed by atoms with van der Waals surface area (Å²) in [4.78, 5) is 12.5. The highest BCUT2D eigenvalue weighted by Crippen LogP contribution is 2.31. The van der Waals surface area contributed by atoms with Crippen LogP contribution >= 0.6 is 50.5 Å². The quantitative estimate of drug-likeness (QED) is 0.804. The number of rotatable bonds is 2. The Morgan fingerprint density at radius 2 is 1.82 bits per heavy atom. The molecule has 1 aromatic carbocycles. The second-order valence-electron chi connectivity index (χ2n) is 3.15. The van der Waals surface area contributed by atoms with E-state index in [9.17, 15) is 4.79 Å². The normalized spacial score (nSPS) is 10.3. The average Bonchev–Trinajstić information content (AvgIpc) is 2.70. The third-order valence-electron chi connectivity index (χ3n) is 2.00. The van der Waals surface area contributed by atoms with Gasteiger partial charge in [0, 0.05) is 0 Å². The Hall–Kier alpha value is -0.550. The van der Waals surface area contributed by atoms with E-state index in [1.54, 1.807) is 24.3 Å². The molecular formula is C11H6BrCl2NOS. The van der Waals surface area contributed by atoms with E-state index in [0.717, 1.165) is 3.79 Å². The van der Waals surface area contributed by atoms with Crippen molar-refractivity contribution in [1.29, 1.82) is 0 Å². The Bertz CT molecular complexity index is 550. The van der Waals surface area contributed by atoms with Gasteiger partial charge in [0.05, 0.1) is 24.4 Å². The minimum atomic E-state index is -0.226. The van der Waals surface area contributed by atoms with Crippen LogP contribution in [-0.2, 0) is 0 Å². The molecular weight excluding hydrogens is 345 g/mol. The monoisotopic (exact) mass is 349 g/mol. The molecule has 6 heteroatoms. The van der Waals surface area contributed by atoms with E-state index in [1.165, 1.54) is 11.3 Å². The lowest BCUT2D eigenvalue weighted by atomic mass is 10.3. The zero-order chi connectivity index (χ0) is 12.4. The number of carbonyl (C=O) groups is 1. The van der Waals surface area contributed by atoms with Gasteiger partial charge in [0.15, 0.2) is 0 Å². The summed E-state index contributed by atoms with van der Waals surface area (Å²) in [6.45, 7) is 0. The lowest BCUT2D eigenvalue weighted by Crippen LogP contribution is -2.10. The standard InChI is InChI=1S/C11H6BrCl2NOS/c12-9-5-4-8(17-9)11(16)15-10-6(13)2-1-3-7(10)14/h1-5H,(H,15,16).